The van der Waals surface area contributed by atoms with Crippen LogP contribution >= 0.6 is 0 Å². The Labute approximate surface area is 244 Å². The molecule has 236 valence electrons. The minimum atomic E-state index is -4.60. The minimum Gasteiger partial charge on any atom is -0.488 e. The Morgan fingerprint density at radius 1 is 1.02 bits per heavy atom. The molecule has 0 spiro atoms. The van der Waals surface area contributed by atoms with Crippen LogP contribution in [0.1, 0.15) is 72.3 Å². The van der Waals surface area contributed by atoms with E-state index in [4.69, 9.17) is 9.47 Å². The molecule has 1 heterocycles. The molecule has 1 aromatic carbocycles. The fraction of sp³-hybridized carbons (Fsp3) is 0.655. The smallest absolute Gasteiger partial charge is 0.389 e. The van der Waals surface area contributed by atoms with E-state index in [1.165, 1.54) is 0 Å². The number of amides is 3. The summed E-state index contributed by atoms with van der Waals surface area (Å²) in [7, 11) is 0. The highest BCUT2D eigenvalue weighted by Gasteiger charge is 2.35. The van der Waals surface area contributed by atoms with Gasteiger partial charge in [-0.3, -0.25) is 14.4 Å². The SMILES string of the molecule is CC[C@H](C)[C@H](NC(=O)C(Cc1ccc(OC(C)(C)C)cc1)NC(=O)C1CCCO1)C(=O)NC(CCC(F)(F)F)C(=O)O. The second-order valence-corrected chi connectivity index (χ2v) is 11.6. The van der Waals surface area contributed by atoms with E-state index in [0.29, 0.717) is 37.2 Å². The Morgan fingerprint density at radius 2 is 1.67 bits per heavy atom. The predicted octanol–water partition coefficient (Wildman–Crippen LogP) is 3.51. The lowest BCUT2D eigenvalue weighted by Gasteiger charge is -2.28. The maximum absolute atomic E-state index is 13.5. The van der Waals surface area contributed by atoms with Crippen LogP contribution in [0.3, 0.4) is 0 Å². The van der Waals surface area contributed by atoms with Crippen molar-refractivity contribution in [3.05, 3.63) is 29.8 Å². The highest BCUT2D eigenvalue weighted by molar-refractivity contribution is 5.94. The largest absolute Gasteiger partial charge is 0.488 e. The molecule has 42 heavy (non-hydrogen) atoms. The highest BCUT2D eigenvalue weighted by Crippen LogP contribution is 2.23. The number of aliphatic carboxylic acids is 1. The van der Waals surface area contributed by atoms with E-state index in [-0.39, 0.29) is 6.42 Å². The van der Waals surface area contributed by atoms with Gasteiger partial charge in [-0.25, -0.2) is 4.79 Å². The molecule has 1 aromatic rings. The van der Waals surface area contributed by atoms with Gasteiger partial charge in [0.15, 0.2) is 0 Å². The normalized spacial score (nSPS) is 18.3. The van der Waals surface area contributed by atoms with Crippen molar-refractivity contribution >= 4 is 23.7 Å². The second-order valence-electron chi connectivity index (χ2n) is 11.6. The molecule has 3 unspecified atom stereocenters. The lowest BCUT2D eigenvalue weighted by Crippen LogP contribution is -2.58. The Balaban J connectivity index is 2.24. The molecule has 2 rings (SSSR count). The zero-order valence-electron chi connectivity index (χ0n) is 24.7. The number of halogens is 3. The van der Waals surface area contributed by atoms with Crippen molar-refractivity contribution in [2.24, 2.45) is 5.92 Å². The van der Waals surface area contributed by atoms with Gasteiger partial charge in [0.05, 0.1) is 0 Å². The number of carboxylic acid groups (broad SMARTS) is 1. The average molecular weight is 602 g/mol. The summed E-state index contributed by atoms with van der Waals surface area (Å²) in [4.78, 5) is 51.0. The van der Waals surface area contributed by atoms with Crippen LogP contribution in [0, 0.1) is 5.92 Å². The zero-order valence-corrected chi connectivity index (χ0v) is 24.7. The van der Waals surface area contributed by atoms with Gasteiger partial charge in [0, 0.05) is 19.4 Å². The molecular weight excluding hydrogens is 559 g/mol. The number of carbonyl (C=O) groups is 4. The lowest BCUT2D eigenvalue weighted by molar-refractivity contribution is -0.148. The quantitative estimate of drug-likeness (QED) is 0.256. The lowest BCUT2D eigenvalue weighted by atomic mass is 9.96. The minimum absolute atomic E-state index is 0.0538. The van der Waals surface area contributed by atoms with Gasteiger partial charge >= 0.3 is 12.1 Å². The first-order valence-electron chi connectivity index (χ1n) is 14.1. The van der Waals surface area contributed by atoms with Crippen molar-refractivity contribution in [2.75, 3.05) is 6.61 Å². The van der Waals surface area contributed by atoms with Crippen LogP contribution in [0.15, 0.2) is 24.3 Å². The molecule has 1 saturated heterocycles. The Kier molecular flexibility index (Phi) is 12.6. The van der Waals surface area contributed by atoms with E-state index in [2.05, 4.69) is 16.0 Å². The number of hydrogen-bond acceptors (Lipinski definition) is 6. The predicted molar refractivity (Wildman–Crippen MR) is 148 cm³/mol. The van der Waals surface area contributed by atoms with E-state index in [9.17, 15) is 37.5 Å². The van der Waals surface area contributed by atoms with Gasteiger partial charge in [0.25, 0.3) is 0 Å². The second kappa shape index (κ2) is 15.2. The van der Waals surface area contributed by atoms with Gasteiger partial charge in [-0.1, -0.05) is 32.4 Å². The molecule has 13 heteroatoms. The number of hydrogen-bond donors (Lipinski definition) is 4. The summed E-state index contributed by atoms with van der Waals surface area (Å²) in [6, 6.07) is 2.77. The molecule has 0 bridgehead atoms. The number of carboxylic acids is 1. The van der Waals surface area contributed by atoms with Crippen molar-refractivity contribution in [1.82, 2.24) is 16.0 Å². The molecule has 4 N–H and O–H groups in total. The average Bonchev–Trinajstić information content (AvgIpc) is 3.43. The molecule has 1 fully saturated rings. The summed E-state index contributed by atoms with van der Waals surface area (Å²) in [5.74, 6) is -3.64. The van der Waals surface area contributed by atoms with Gasteiger partial charge in [-0.05, 0) is 63.6 Å². The third-order valence-corrected chi connectivity index (χ3v) is 6.77. The summed E-state index contributed by atoms with van der Waals surface area (Å²) >= 11 is 0. The summed E-state index contributed by atoms with van der Waals surface area (Å²) in [6.07, 6.45) is -5.96. The van der Waals surface area contributed by atoms with Crippen molar-refractivity contribution in [3.63, 3.8) is 0 Å². The van der Waals surface area contributed by atoms with Gasteiger partial charge in [-0.2, -0.15) is 13.2 Å². The fourth-order valence-corrected chi connectivity index (χ4v) is 4.32. The van der Waals surface area contributed by atoms with E-state index in [0.717, 1.165) is 0 Å². The maximum atomic E-state index is 13.5. The Hall–Kier alpha value is -3.35. The number of rotatable bonds is 14. The topological polar surface area (TPSA) is 143 Å². The van der Waals surface area contributed by atoms with Crippen LogP contribution in [0.2, 0.25) is 0 Å². The van der Waals surface area contributed by atoms with Crippen molar-refractivity contribution in [2.45, 2.75) is 109 Å². The van der Waals surface area contributed by atoms with E-state index >= 15 is 0 Å². The van der Waals surface area contributed by atoms with Crippen molar-refractivity contribution < 1.29 is 46.9 Å². The monoisotopic (exact) mass is 601 g/mol. The van der Waals surface area contributed by atoms with Crippen LogP contribution in [-0.2, 0) is 30.3 Å². The summed E-state index contributed by atoms with van der Waals surface area (Å²) < 4.78 is 49.4. The van der Waals surface area contributed by atoms with Gasteiger partial charge in [0.2, 0.25) is 17.7 Å². The van der Waals surface area contributed by atoms with Gasteiger partial charge < -0.3 is 30.5 Å². The van der Waals surface area contributed by atoms with Crippen LogP contribution < -0.4 is 20.7 Å². The first-order valence-corrected chi connectivity index (χ1v) is 14.1. The van der Waals surface area contributed by atoms with Crippen molar-refractivity contribution in [1.29, 1.82) is 0 Å². The third kappa shape index (κ3) is 11.9. The van der Waals surface area contributed by atoms with Crippen molar-refractivity contribution in [3.8, 4) is 5.75 Å². The molecule has 0 radical (unpaired) electrons. The highest BCUT2D eigenvalue weighted by atomic mass is 19.4. The number of benzene rings is 1. The summed E-state index contributed by atoms with van der Waals surface area (Å²) in [5.41, 5.74) is 0.267. The van der Waals surface area contributed by atoms with E-state index < -0.39 is 78.5 Å². The Morgan fingerprint density at radius 3 is 2.17 bits per heavy atom. The molecule has 0 aromatic heterocycles. The maximum Gasteiger partial charge on any atom is 0.389 e. The van der Waals surface area contributed by atoms with E-state index in [1.807, 2.05) is 20.8 Å². The van der Waals surface area contributed by atoms with Crippen LogP contribution in [0.5, 0.6) is 5.75 Å². The molecule has 5 atom stereocenters. The first-order chi connectivity index (χ1) is 19.5. The van der Waals surface area contributed by atoms with Crippen LogP contribution in [0.4, 0.5) is 13.2 Å². The fourth-order valence-electron chi connectivity index (χ4n) is 4.32. The molecule has 3 amide bonds. The van der Waals surface area contributed by atoms with E-state index in [1.54, 1.807) is 38.1 Å². The van der Waals surface area contributed by atoms with Crippen LogP contribution in [0.25, 0.3) is 0 Å². The van der Waals surface area contributed by atoms with Crippen LogP contribution in [-0.4, -0.2) is 71.4 Å². The number of nitrogens with one attached hydrogen (secondary N) is 3. The molecule has 1 aliphatic rings. The molecule has 10 nitrogen and oxygen atoms in total. The number of alkyl halides is 3. The number of ether oxygens (including phenoxy) is 2. The van der Waals surface area contributed by atoms with Gasteiger partial charge in [0.1, 0.15) is 35.6 Å². The molecule has 0 aliphatic carbocycles. The summed E-state index contributed by atoms with van der Waals surface area (Å²) in [6.45, 7) is 9.51. The number of carbonyl (C=O) groups excluding carboxylic acids is 3. The third-order valence-electron chi connectivity index (χ3n) is 6.77. The molecule has 0 saturated carbocycles. The standard InChI is InChI=1S/C29H42F3N3O7/c1-6-17(2)23(26(38)33-20(27(39)40)13-14-29(30,31)32)35-24(36)21(34-25(37)22-8-7-15-41-22)16-18-9-11-19(12-10-18)42-28(3,4)5/h9-12,17,20-23H,6-8,13-16H2,1-5H3,(H,33,38)(H,34,37)(H,35,36)(H,39,40)/t17-,20?,21?,22?,23-/m0/s1. The molecular formula is C29H42F3N3O7. The summed E-state index contributed by atoms with van der Waals surface area (Å²) in [5, 5.41) is 16.8. The Bertz CT molecular complexity index is 1070. The first kappa shape index (κ1) is 34.8. The zero-order chi connectivity index (χ0) is 31.7. The molecule has 1 aliphatic heterocycles. The van der Waals surface area contributed by atoms with Gasteiger partial charge in [-0.15, -0.1) is 0 Å².